The van der Waals surface area contributed by atoms with Crippen LogP contribution in [-0.4, -0.2) is 29.7 Å². The van der Waals surface area contributed by atoms with E-state index in [1.165, 1.54) is 6.07 Å². The number of carbonyl (C=O) groups excluding carboxylic acids is 1. The molecule has 2 atom stereocenters. The molecule has 1 aromatic carbocycles. The fourth-order valence-electron chi connectivity index (χ4n) is 2.71. The number of hydrogen-bond donors (Lipinski definition) is 2. The normalized spacial score (nSPS) is 21.9. The average Bonchev–Trinajstić information content (AvgIpc) is 2.41. The predicted molar refractivity (Wildman–Crippen MR) is 79.6 cm³/mol. The summed E-state index contributed by atoms with van der Waals surface area (Å²) in [6.07, 6.45) is 1.56. The van der Waals surface area contributed by atoms with Gasteiger partial charge in [0.1, 0.15) is 0 Å². The molecule has 0 aromatic heterocycles. The van der Waals surface area contributed by atoms with E-state index >= 15 is 0 Å². The second kappa shape index (κ2) is 6.26. The van der Waals surface area contributed by atoms with Crippen molar-refractivity contribution in [1.29, 1.82) is 0 Å². The van der Waals surface area contributed by atoms with Gasteiger partial charge in [-0.2, -0.15) is 0 Å². The number of anilines is 1. The van der Waals surface area contributed by atoms with Gasteiger partial charge in [-0.1, -0.05) is 6.07 Å². The second-order valence-corrected chi connectivity index (χ2v) is 5.60. The van der Waals surface area contributed by atoms with Crippen molar-refractivity contribution < 1.29 is 19.4 Å². The first kappa shape index (κ1) is 15.5. The maximum absolute atomic E-state index is 12.4. The molecule has 2 N–H and O–H groups in total. The number of carbonyl (C=O) groups is 2. The molecule has 0 spiro atoms. The van der Waals surface area contributed by atoms with Crippen LogP contribution in [0.1, 0.15) is 41.3 Å². The maximum atomic E-state index is 12.4. The van der Waals surface area contributed by atoms with Crippen LogP contribution in [0.2, 0.25) is 0 Å². The lowest BCUT2D eigenvalue weighted by Gasteiger charge is -2.28. The van der Waals surface area contributed by atoms with Gasteiger partial charge in [0.25, 0.3) is 0 Å². The van der Waals surface area contributed by atoms with Gasteiger partial charge in [0, 0.05) is 12.3 Å². The minimum absolute atomic E-state index is 0.106. The number of aryl methyl sites for hydroxylation is 2. The Kier molecular flexibility index (Phi) is 4.63. The summed E-state index contributed by atoms with van der Waals surface area (Å²) >= 11 is 0. The van der Waals surface area contributed by atoms with E-state index in [0.29, 0.717) is 17.9 Å². The molecule has 0 bridgehead atoms. The molecule has 1 saturated heterocycles. The van der Waals surface area contributed by atoms with E-state index in [2.05, 4.69) is 5.32 Å². The van der Waals surface area contributed by atoms with E-state index in [-0.39, 0.29) is 23.5 Å². The quantitative estimate of drug-likeness (QED) is 0.898. The molecule has 2 rings (SSSR count). The molecule has 1 aliphatic heterocycles. The molecule has 0 radical (unpaired) electrons. The van der Waals surface area contributed by atoms with Gasteiger partial charge in [0.05, 0.1) is 17.6 Å². The third kappa shape index (κ3) is 3.42. The Balaban J connectivity index is 2.20. The largest absolute Gasteiger partial charge is 0.478 e. The van der Waals surface area contributed by atoms with Crippen LogP contribution >= 0.6 is 0 Å². The van der Waals surface area contributed by atoms with E-state index in [1.54, 1.807) is 13.0 Å². The Hall–Kier alpha value is -1.88. The summed E-state index contributed by atoms with van der Waals surface area (Å²) in [5.74, 6) is -1.28. The number of carboxylic acids is 1. The van der Waals surface area contributed by atoms with E-state index in [9.17, 15) is 14.7 Å². The van der Waals surface area contributed by atoms with Gasteiger partial charge in [-0.05, 0) is 50.8 Å². The topological polar surface area (TPSA) is 75.6 Å². The van der Waals surface area contributed by atoms with Crippen molar-refractivity contribution >= 4 is 17.6 Å². The highest BCUT2D eigenvalue weighted by molar-refractivity contribution is 5.96. The van der Waals surface area contributed by atoms with Gasteiger partial charge >= 0.3 is 5.97 Å². The Morgan fingerprint density at radius 3 is 2.62 bits per heavy atom. The minimum atomic E-state index is -0.989. The van der Waals surface area contributed by atoms with Crippen molar-refractivity contribution in [1.82, 2.24) is 0 Å². The highest BCUT2D eigenvalue weighted by Crippen LogP contribution is 2.25. The number of carboxylic acid groups (broad SMARTS) is 1. The van der Waals surface area contributed by atoms with Crippen molar-refractivity contribution in [2.45, 2.75) is 39.7 Å². The molecule has 1 amide bonds. The Morgan fingerprint density at radius 1 is 1.29 bits per heavy atom. The van der Waals surface area contributed by atoms with Gasteiger partial charge in [-0.25, -0.2) is 4.79 Å². The number of hydrogen-bond acceptors (Lipinski definition) is 3. The number of aromatic carboxylic acids is 1. The van der Waals surface area contributed by atoms with Crippen LogP contribution < -0.4 is 5.32 Å². The maximum Gasteiger partial charge on any atom is 0.336 e. The third-order valence-electron chi connectivity index (χ3n) is 4.00. The monoisotopic (exact) mass is 291 g/mol. The first-order valence-corrected chi connectivity index (χ1v) is 7.17. The van der Waals surface area contributed by atoms with Gasteiger partial charge in [-0.15, -0.1) is 0 Å². The molecule has 114 valence electrons. The summed E-state index contributed by atoms with van der Waals surface area (Å²) in [6.45, 7) is 6.19. The van der Waals surface area contributed by atoms with Crippen molar-refractivity contribution in [3.05, 3.63) is 28.8 Å². The molecule has 1 heterocycles. The van der Waals surface area contributed by atoms with Crippen molar-refractivity contribution in [2.24, 2.45) is 5.92 Å². The summed E-state index contributed by atoms with van der Waals surface area (Å²) in [4.78, 5) is 23.5. The lowest BCUT2D eigenvalue weighted by Crippen LogP contribution is -2.36. The van der Waals surface area contributed by atoms with Crippen molar-refractivity contribution in [3.8, 4) is 0 Å². The van der Waals surface area contributed by atoms with Crippen molar-refractivity contribution in [3.63, 3.8) is 0 Å². The average molecular weight is 291 g/mol. The summed E-state index contributed by atoms with van der Waals surface area (Å²) in [6, 6.07) is 3.30. The number of amides is 1. The molecule has 5 heteroatoms. The van der Waals surface area contributed by atoms with Gasteiger partial charge in [-0.3, -0.25) is 4.79 Å². The number of ether oxygens (including phenoxy) is 1. The highest BCUT2D eigenvalue weighted by Gasteiger charge is 2.29. The molecule has 1 aromatic rings. The fraction of sp³-hybridized carbons (Fsp3) is 0.500. The zero-order valence-corrected chi connectivity index (χ0v) is 12.6. The number of benzene rings is 1. The van der Waals surface area contributed by atoms with Crippen LogP contribution in [0.25, 0.3) is 0 Å². The molecule has 5 nitrogen and oxygen atoms in total. The zero-order chi connectivity index (χ0) is 15.6. The van der Waals surface area contributed by atoms with Crippen LogP contribution in [0.15, 0.2) is 12.1 Å². The van der Waals surface area contributed by atoms with E-state index in [4.69, 9.17) is 4.74 Å². The van der Waals surface area contributed by atoms with E-state index in [0.717, 1.165) is 18.4 Å². The molecular formula is C16H21NO4. The molecule has 1 aliphatic rings. The predicted octanol–water partition coefficient (Wildman–Crippen LogP) is 2.76. The summed E-state index contributed by atoms with van der Waals surface area (Å²) in [5.41, 5.74) is 2.31. The summed E-state index contributed by atoms with van der Waals surface area (Å²) in [7, 11) is 0. The standard InChI is InChI=1S/C16H21NO4/c1-9-7-10(2)14(8-13(9)16(19)20)17-15(18)12-5-4-6-21-11(12)3/h7-8,11-12H,4-6H2,1-3H3,(H,17,18)(H,19,20). The van der Waals surface area contributed by atoms with Crippen LogP contribution in [-0.2, 0) is 9.53 Å². The second-order valence-electron chi connectivity index (χ2n) is 5.60. The summed E-state index contributed by atoms with van der Waals surface area (Å²) < 4.78 is 5.51. The third-order valence-corrected chi connectivity index (χ3v) is 4.00. The molecule has 1 fully saturated rings. The van der Waals surface area contributed by atoms with Gasteiger partial charge in [0.2, 0.25) is 5.91 Å². The minimum Gasteiger partial charge on any atom is -0.478 e. The number of rotatable bonds is 3. The van der Waals surface area contributed by atoms with Crippen LogP contribution in [0, 0.1) is 19.8 Å². The lowest BCUT2D eigenvalue weighted by atomic mass is 9.94. The van der Waals surface area contributed by atoms with Crippen LogP contribution in [0.4, 0.5) is 5.69 Å². The lowest BCUT2D eigenvalue weighted by molar-refractivity contribution is -0.127. The first-order chi connectivity index (χ1) is 9.90. The zero-order valence-electron chi connectivity index (χ0n) is 12.6. The molecule has 2 unspecified atom stereocenters. The highest BCUT2D eigenvalue weighted by atomic mass is 16.5. The van der Waals surface area contributed by atoms with Crippen LogP contribution in [0.5, 0.6) is 0 Å². The van der Waals surface area contributed by atoms with E-state index < -0.39 is 5.97 Å². The van der Waals surface area contributed by atoms with Gasteiger partial charge in [0.15, 0.2) is 0 Å². The number of nitrogens with one attached hydrogen (secondary N) is 1. The fourth-order valence-corrected chi connectivity index (χ4v) is 2.71. The molecular weight excluding hydrogens is 270 g/mol. The SMILES string of the molecule is Cc1cc(C)c(C(=O)O)cc1NC(=O)C1CCCOC1C. The Labute approximate surface area is 124 Å². The molecule has 0 saturated carbocycles. The van der Waals surface area contributed by atoms with Gasteiger partial charge < -0.3 is 15.2 Å². The van der Waals surface area contributed by atoms with E-state index in [1.807, 2.05) is 13.8 Å². The first-order valence-electron chi connectivity index (χ1n) is 7.17. The molecule has 0 aliphatic carbocycles. The Morgan fingerprint density at radius 2 is 2.00 bits per heavy atom. The Bertz CT molecular complexity index is 568. The van der Waals surface area contributed by atoms with Crippen molar-refractivity contribution in [2.75, 3.05) is 11.9 Å². The smallest absolute Gasteiger partial charge is 0.336 e. The summed E-state index contributed by atoms with van der Waals surface area (Å²) in [5, 5.41) is 12.0. The molecule has 21 heavy (non-hydrogen) atoms. The van der Waals surface area contributed by atoms with Crippen LogP contribution in [0.3, 0.4) is 0 Å².